The van der Waals surface area contributed by atoms with Gasteiger partial charge >= 0.3 is 0 Å². The van der Waals surface area contributed by atoms with Crippen LogP contribution in [0.5, 0.6) is 11.5 Å². The van der Waals surface area contributed by atoms with Crippen LogP contribution in [0.15, 0.2) is 36.4 Å². The van der Waals surface area contributed by atoms with Gasteiger partial charge in [-0.1, -0.05) is 45.0 Å². The first kappa shape index (κ1) is 26.4. The van der Waals surface area contributed by atoms with Gasteiger partial charge in [0.1, 0.15) is 5.84 Å². The Morgan fingerprint density at radius 1 is 1.18 bits per heavy atom. The maximum atomic E-state index is 13.3. The van der Waals surface area contributed by atoms with Gasteiger partial charge in [0.05, 0.1) is 20.3 Å². The van der Waals surface area contributed by atoms with E-state index in [9.17, 15) is 9.59 Å². The van der Waals surface area contributed by atoms with Crippen molar-refractivity contribution in [2.24, 2.45) is 5.73 Å². The van der Waals surface area contributed by atoms with Crippen molar-refractivity contribution in [2.45, 2.75) is 45.6 Å². The minimum Gasteiger partial charge on any atom is -0.493 e. The summed E-state index contributed by atoms with van der Waals surface area (Å²) < 4.78 is 11.5. The number of amidine groups is 1. The van der Waals surface area contributed by atoms with E-state index >= 15 is 0 Å². The molecule has 33 heavy (non-hydrogen) atoms. The van der Waals surface area contributed by atoms with E-state index in [0.29, 0.717) is 35.9 Å². The molecular weight excluding hydrogens is 486 g/mol. The number of nitrogens with two attached hydrogens (primary N) is 1. The number of ether oxygens (including phenoxy) is 2. The molecule has 3 N–H and O–H groups in total. The number of hydrogen-bond donors (Lipinski definition) is 2. The topological polar surface area (TPSA) is 106 Å². The molecule has 1 heterocycles. The average Bonchev–Trinajstić information content (AvgIpc) is 3.05. The SMILES string of the molecule is Br.COc1c(OCCCC(N)=O)cc(C(=O)CN2Cc3ccccc3C2=N)cc1C(C)(C)C. The molecule has 3 rings (SSSR count). The van der Waals surface area contributed by atoms with Gasteiger partial charge in [0.2, 0.25) is 5.91 Å². The van der Waals surface area contributed by atoms with Crippen LogP contribution in [-0.2, 0) is 16.8 Å². The molecule has 178 valence electrons. The number of halogens is 1. The number of carbonyl (C=O) groups is 2. The van der Waals surface area contributed by atoms with Crippen LogP contribution in [0.4, 0.5) is 0 Å². The lowest BCUT2D eigenvalue weighted by Crippen LogP contribution is -2.30. The van der Waals surface area contributed by atoms with Gasteiger partial charge in [-0.05, 0) is 29.5 Å². The Hall–Kier alpha value is -2.87. The minimum absolute atomic E-state index is 0. The van der Waals surface area contributed by atoms with E-state index in [4.69, 9.17) is 20.6 Å². The largest absolute Gasteiger partial charge is 0.493 e. The molecule has 0 radical (unpaired) electrons. The van der Waals surface area contributed by atoms with Crippen molar-refractivity contribution in [1.29, 1.82) is 5.41 Å². The fourth-order valence-electron chi connectivity index (χ4n) is 3.81. The predicted molar refractivity (Wildman–Crippen MR) is 134 cm³/mol. The van der Waals surface area contributed by atoms with Gasteiger partial charge in [0.15, 0.2) is 17.3 Å². The van der Waals surface area contributed by atoms with Crippen LogP contribution >= 0.6 is 17.0 Å². The maximum Gasteiger partial charge on any atom is 0.217 e. The number of rotatable bonds is 9. The van der Waals surface area contributed by atoms with Gasteiger partial charge in [0, 0.05) is 29.7 Å². The molecule has 0 atom stereocenters. The summed E-state index contributed by atoms with van der Waals surface area (Å²) in [7, 11) is 1.57. The molecule has 2 aromatic carbocycles. The summed E-state index contributed by atoms with van der Waals surface area (Å²) >= 11 is 0. The van der Waals surface area contributed by atoms with Crippen LogP contribution in [-0.4, -0.2) is 42.7 Å². The highest BCUT2D eigenvalue weighted by molar-refractivity contribution is 8.93. The molecule has 0 spiro atoms. The summed E-state index contributed by atoms with van der Waals surface area (Å²) in [6.07, 6.45) is 0.704. The quantitative estimate of drug-likeness (QED) is 0.382. The Morgan fingerprint density at radius 3 is 2.48 bits per heavy atom. The highest BCUT2D eigenvalue weighted by Crippen LogP contribution is 2.40. The third-order valence-electron chi connectivity index (χ3n) is 5.50. The number of amides is 1. The summed E-state index contributed by atoms with van der Waals surface area (Å²) in [6, 6.07) is 11.3. The van der Waals surface area contributed by atoms with Crippen molar-refractivity contribution in [1.82, 2.24) is 4.90 Å². The lowest BCUT2D eigenvalue weighted by atomic mass is 9.84. The van der Waals surface area contributed by atoms with Crippen molar-refractivity contribution in [3.05, 3.63) is 58.7 Å². The second kappa shape index (κ2) is 10.8. The molecule has 7 nitrogen and oxygen atoms in total. The number of Topliss-reactive ketones (excluding diaryl/α,β-unsaturated/α-hetero) is 1. The van der Waals surface area contributed by atoms with Gasteiger partial charge < -0.3 is 20.1 Å². The van der Waals surface area contributed by atoms with Crippen molar-refractivity contribution in [2.75, 3.05) is 20.3 Å². The van der Waals surface area contributed by atoms with Crippen molar-refractivity contribution >= 4 is 34.5 Å². The maximum absolute atomic E-state index is 13.3. The first-order chi connectivity index (χ1) is 15.1. The summed E-state index contributed by atoms with van der Waals surface area (Å²) in [5.74, 6) is 0.926. The second-order valence-electron chi connectivity index (χ2n) is 9.01. The normalized spacial score (nSPS) is 12.7. The third kappa shape index (κ3) is 6.13. The van der Waals surface area contributed by atoms with Crippen molar-refractivity contribution < 1.29 is 19.1 Å². The number of carbonyl (C=O) groups excluding carboxylic acids is 2. The number of primary amides is 1. The Labute approximate surface area is 205 Å². The molecule has 0 aliphatic carbocycles. The number of nitrogens with one attached hydrogen (secondary N) is 1. The van der Waals surface area contributed by atoms with Gasteiger partial charge in [0.25, 0.3) is 0 Å². The zero-order chi connectivity index (χ0) is 23.5. The van der Waals surface area contributed by atoms with Crippen molar-refractivity contribution in [3.8, 4) is 11.5 Å². The summed E-state index contributed by atoms with van der Waals surface area (Å²) in [4.78, 5) is 26.0. The van der Waals surface area contributed by atoms with E-state index in [0.717, 1.165) is 16.7 Å². The fraction of sp³-hybridized carbons (Fsp3) is 0.400. The van der Waals surface area contributed by atoms with E-state index < -0.39 is 0 Å². The van der Waals surface area contributed by atoms with Gasteiger partial charge in [-0.15, -0.1) is 17.0 Å². The van der Waals surface area contributed by atoms with Crippen LogP contribution in [0.1, 0.15) is 60.7 Å². The number of ketones is 1. The molecule has 0 aromatic heterocycles. The molecule has 0 unspecified atom stereocenters. The third-order valence-corrected chi connectivity index (χ3v) is 5.50. The molecule has 0 fully saturated rings. The van der Waals surface area contributed by atoms with E-state index in [-0.39, 0.29) is 53.7 Å². The van der Waals surface area contributed by atoms with E-state index in [1.54, 1.807) is 18.1 Å². The summed E-state index contributed by atoms with van der Waals surface area (Å²) in [5, 5.41) is 8.43. The lowest BCUT2D eigenvalue weighted by molar-refractivity contribution is -0.118. The Balaban J connectivity index is 0.00000385. The number of methoxy groups -OCH3 is 1. The standard InChI is InChI=1S/C25H31N3O4.BrH/c1-25(2,3)19-12-17(13-21(23(19)31-4)32-11-7-10-22(26)30)20(29)15-28-14-16-8-5-6-9-18(16)24(28)27;/h5-6,8-9,12-13,27H,7,10-11,14-15H2,1-4H3,(H2,26,30);1H. The van der Waals surface area contributed by atoms with E-state index in [1.165, 1.54) is 0 Å². The predicted octanol–water partition coefficient (Wildman–Crippen LogP) is 4.24. The summed E-state index contributed by atoms with van der Waals surface area (Å²) in [6.45, 7) is 7.06. The zero-order valence-electron chi connectivity index (χ0n) is 19.6. The van der Waals surface area contributed by atoms with Crippen LogP contribution in [0.2, 0.25) is 0 Å². The van der Waals surface area contributed by atoms with Gasteiger partial charge in [-0.3, -0.25) is 15.0 Å². The number of hydrogen-bond acceptors (Lipinski definition) is 5. The fourth-order valence-corrected chi connectivity index (χ4v) is 3.81. The molecule has 8 heteroatoms. The number of nitrogens with zero attached hydrogens (tertiary/aromatic N) is 1. The minimum atomic E-state index is -0.381. The van der Waals surface area contributed by atoms with E-state index in [2.05, 4.69) is 0 Å². The zero-order valence-corrected chi connectivity index (χ0v) is 21.3. The molecule has 2 aromatic rings. The van der Waals surface area contributed by atoms with Crippen molar-refractivity contribution in [3.63, 3.8) is 0 Å². The van der Waals surface area contributed by atoms with Crippen LogP contribution in [0.25, 0.3) is 0 Å². The molecule has 0 saturated heterocycles. The van der Waals surface area contributed by atoms with Gasteiger partial charge in [-0.25, -0.2) is 0 Å². The highest BCUT2D eigenvalue weighted by Gasteiger charge is 2.28. The Bertz CT molecular complexity index is 1050. The molecule has 1 aliphatic heterocycles. The summed E-state index contributed by atoms with van der Waals surface area (Å²) in [5.41, 5.74) is 8.20. The monoisotopic (exact) mass is 517 g/mol. The Morgan fingerprint density at radius 2 is 1.88 bits per heavy atom. The lowest BCUT2D eigenvalue weighted by Gasteiger charge is -2.25. The highest BCUT2D eigenvalue weighted by atomic mass is 79.9. The van der Waals surface area contributed by atoms with Gasteiger partial charge in [-0.2, -0.15) is 0 Å². The molecular formula is C25H32BrN3O4. The Kier molecular flexibility index (Phi) is 8.66. The van der Waals surface area contributed by atoms with Crippen LogP contribution in [0.3, 0.4) is 0 Å². The molecule has 1 amide bonds. The average molecular weight is 518 g/mol. The molecule has 0 bridgehead atoms. The second-order valence-corrected chi connectivity index (χ2v) is 9.01. The van der Waals surface area contributed by atoms with E-state index in [1.807, 2.05) is 51.1 Å². The number of fused-ring (bicyclic) bond motifs is 1. The first-order valence-corrected chi connectivity index (χ1v) is 10.7. The molecule has 1 aliphatic rings. The van der Waals surface area contributed by atoms with Crippen LogP contribution < -0.4 is 15.2 Å². The molecule has 0 saturated carbocycles. The number of benzene rings is 2. The van der Waals surface area contributed by atoms with Crippen LogP contribution in [0, 0.1) is 5.41 Å². The first-order valence-electron chi connectivity index (χ1n) is 10.7. The smallest absolute Gasteiger partial charge is 0.217 e.